The summed E-state index contributed by atoms with van der Waals surface area (Å²) in [7, 11) is 0. The molecule has 1 aliphatic rings. The number of carboxylic acid groups (broad SMARTS) is 1. The van der Waals surface area contributed by atoms with Gasteiger partial charge in [-0.25, -0.2) is 9.78 Å². The highest BCUT2D eigenvalue weighted by atomic mass is 16.4. The molecule has 80 valence electrons. The summed E-state index contributed by atoms with van der Waals surface area (Å²) in [6.45, 7) is 4.24. The molecule has 0 bridgehead atoms. The normalized spacial score (nSPS) is 20.6. The van der Waals surface area contributed by atoms with E-state index < -0.39 is 5.97 Å². The van der Waals surface area contributed by atoms with Crippen LogP contribution in [-0.2, 0) is 0 Å². The topological polar surface area (TPSA) is 53.4 Å². The molecule has 0 aromatic carbocycles. The lowest BCUT2D eigenvalue weighted by Gasteiger charge is -2.16. The van der Waals surface area contributed by atoms with E-state index >= 15 is 0 Å². The average molecular weight is 206 g/mol. The van der Waals surface area contributed by atoms with Gasteiger partial charge in [-0.15, -0.1) is 0 Å². The highest BCUT2D eigenvalue weighted by Crippen LogP contribution is 2.21. The number of pyridine rings is 1. The molecule has 0 radical (unpaired) electrons. The summed E-state index contributed by atoms with van der Waals surface area (Å²) in [5.74, 6) is 0.652. The van der Waals surface area contributed by atoms with Gasteiger partial charge in [0.15, 0.2) is 0 Å². The van der Waals surface area contributed by atoms with E-state index in [1.54, 1.807) is 12.1 Å². The molecule has 1 aromatic rings. The number of aromatic carboxylic acids is 1. The van der Waals surface area contributed by atoms with Gasteiger partial charge in [-0.1, -0.05) is 6.92 Å². The summed E-state index contributed by atoms with van der Waals surface area (Å²) in [4.78, 5) is 17.0. The van der Waals surface area contributed by atoms with E-state index in [9.17, 15) is 4.79 Å². The van der Waals surface area contributed by atoms with Crippen molar-refractivity contribution in [3.05, 3.63) is 23.9 Å². The van der Waals surface area contributed by atoms with Gasteiger partial charge in [-0.2, -0.15) is 0 Å². The summed E-state index contributed by atoms with van der Waals surface area (Å²) in [5.41, 5.74) is 0.242. The van der Waals surface area contributed by atoms with Crippen LogP contribution in [0.5, 0.6) is 0 Å². The summed E-state index contributed by atoms with van der Waals surface area (Å²) in [5, 5.41) is 8.73. The number of hydrogen-bond acceptors (Lipinski definition) is 3. The zero-order valence-electron chi connectivity index (χ0n) is 8.68. The molecule has 1 N–H and O–H groups in total. The molecular formula is C11H14N2O2. The Balaban J connectivity index is 2.13. The molecular weight excluding hydrogens is 192 g/mol. The standard InChI is InChI=1S/C11H14N2O2/c1-8-4-5-13(7-8)10-3-2-9(6-12-10)11(14)15/h2-3,6,8H,4-5,7H2,1H3,(H,14,15). The van der Waals surface area contributed by atoms with Crippen molar-refractivity contribution in [3.8, 4) is 0 Å². The van der Waals surface area contributed by atoms with Crippen LogP contribution in [0.25, 0.3) is 0 Å². The van der Waals surface area contributed by atoms with Crippen molar-refractivity contribution in [1.82, 2.24) is 4.98 Å². The highest BCUT2D eigenvalue weighted by Gasteiger charge is 2.19. The molecule has 4 heteroatoms. The lowest BCUT2D eigenvalue weighted by atomic mass is 10.2. The monoisotopic (exact) mass is 206 g/mol. The summed E-state index contributed by atoms with van der Waals surface area (Å²) in [6.07, 6.45) is 2.60. The number of nitrogens with zero attached hydrogens (tertiary/aromatic N) is 2. The Labute approximate surface area is 88.6 Å². The van der Waals surface area contributed by atoms with E-state index in [4.69, 9.17) is 5.11 Å². The molecule has 2 rings (SSSR count). The smallest absolute Gasteiger partial charge is 0.337 e. The zero-order chi connectivity index (χ0) is 10.8. The summed E-state index contributed by atoms with van der Waals surface area (Å²) in [6, 6.07) is 3.38. The summed E-state index contributed by atoms with van der Waals surface area (Å²) >= 11 is 0. The first-order chi connectivity index (χ1) is 7.16. The highest BCUT2D eigenvalue weighted by molar-refractivity contribution is 5.87. The third-order valence-corrected chi connectivity index (χ3v) is 2.74. The lowest BCUT2D eigenvalue weighted by Crippen LogP contribution is -2.20. The van der Waals surface area contributed by atoms with Crippen LogP contribution in [0.15, 0.2) is 18.3 Å². The van der Waals surface area contributed by atoms with E-state index in [2.05, 4.69) is 16.8 Å². The van der Waals surface area contributed by atoms with Crippen molar-refractivity contribution >= 4 is 11.8 Å². The minimum Gasteiger partial charge on any atom is -0.478 e. The number of carboxylic acids is 1. The van der Waals surface area contributed by atoms with Gasteiger partial charge in [-0.05, 0) is 24.5 Å². The maximum atomic E-state index is 10.6. The van der Waals surface area contributed by atoms with Crippen molar-refractivity contribution in [3.63, 3.8) is 0 Å². The van der Waals surface area contributed by atoms with E-state index in [0.29, 0.717) is 5.92 Å². The molecule has 1 atom stereocenters. The second-order valence-corrected chi connectivity index (χ2v) is 4.05. The fourth-order valence-corrected chi connectivity index (χ4v) is 1.84. The van der Waals surface area contributed by atoms with Gasteiger partial charge < -0.3 is 10.0 Å². The van der Waals surface area contributed by atoms with Crippen molar-refractivity contribution in [2.75, 3.05) is 18.0 Å². The number of rotatable bonds is 2. The van der Waals surface area contributed by atoms with Crippen LogP contribution in [0.2, 0.25) is 0 Å². The second kappa shape index (κ2) is 3.88. The van der Waals surface area contributed by atoms with Gasteiger partial charge in [0.1, 0.15) is 5.82 Å². The Bertz CT molecular complexity index is 361. The molecule has 4 nitrogen and oxygen atoms in total. The van der Waals surface area contributed by atoms with Crippen molar-refractivity contribution < 1.29 is 9.90 Å². The Hall–Kier alpha value is -1.58. The quantitative estimate of drug-likeness (QED) is 0.799. The first-order valence-corrected chi connectivity index (χ1v) is 5.11. The second-order valence-electron chi connectivity index (χ2n) is 4.05. The van der Waals surface area contributed by atoms with Gasteiger partial charge in [0.05, 0.1) is 5.56 Å². The zero-order valence-corrected chi connectivity index (χ0v) is 8.68. The van der Waals surface area contributed by atoms with Gasteiger partial charge in [0.25, 0.3) is 0 Å². The Morgan fingerprint density at radius 3 is 2.87 bits per heavy atom. The average Bonchev–Trinajstić information content (AvgIpc) is 2.65. The minimum absolute atomic E-state index is 0.242. The molecule has 0 amide bonds. The third-order valence-electron chi connectivity index (χ3n) is 2.74. The maximum Gasteiger partial charge on any atom is 0.337 e. The molecule has 2 heterocycles. The molecule has 15 heavy (non-hydrogen) atoms. The molecule has 1 saturated heterocycles. The molecule has 1 aliphatic heterocycles. The Kier molecular flexibility index (Phi) is 2.58. The van der Waals surface area contributed by atoms with Gasteiger partial charge >= 0.3 is 5.97 Å². The Morgan fingerprint density at radius 2 is 2.40 bits per heavy atom. The van der Waals surface area contributed by atoms with E-state index in [0.717, 1.165) is 18.9 Å². The maximum absolute atomic E-state index is 10.6. The van der Waals surface area contributed by atoms with E-state index in [1.807, 2.05) is 0 Å². The van der Waals surface area contributed by atoms with Crippen LogP contribution in [0.4, 0.5) is 5.82 Å². The van der Waals surface area contributed by atoms with Crippen molar-refractivity contribution in [2.24, 2.45) is 5.92 Å². The number of aromatic nitrogens is 1. The molecule has 1 aromatic heterocycles. The third kappa shape index (κ3) is 2.09. The lowest BCUT2D eigenvalue weighted by molar-refractivity contribution is 0.0696. The summed E-state index contributed by atoms with van der Waals surface area (Å²) < 4.78 is 0. The van der Waals surface area contributed by atoms with E-state index in [-0.39, 0.29) is 5.56 Å². The van der Waals surface area contributed by atoms with Crippen LogP contribution in [0, 0.1) is 5.92 Å². The number of carbonyl (C=O) groups is 1. The predicted molar refractivity (Wildman–Crippen MR) is 57.2 cm³/mol. The van der Waals surface area contributed by atoms with Crippen LogP contribution in [0.3, 0.4) is 0 Å². The fraction of sp³-hybridized carbons (Fsp3) is 0.455. The first-order valence-electron chi connectivity index (χ1n) is 5.11. The number of hydrogen-bond donors (Lipinski definition) is 1. The SMILES string of the molecule is CC1CCN(c2ccc(C(=O)O)cn2)C1. The van der Waals surface area contributed by atoms with Gasteiger partial charge in [0, 0.05) is 19.3 Å². The van der Waals surface area contributed by atoms with Crippen molar-refractivity contribution in [2.45, 2.75) is 13.3 Å². The van der Waals surface area contributed by atoms with Crippen LogP contribution < -0.4 is 4.90 Å². The van der Waals surface area contributed by atoms with Crippen LogP contribution in [-0.4, -0.2) is 29.1 Å². The Morgan fingerprint density at radius 1 is 1.60 bits per heavy atom. The van der Waals surface area contributed by atoms with Crippen molar-refractivity contribution in [1.29, 1.82) is 0 Å². The fourth-order valence-electron chi connectivity index (χ4n) is 1.84. The molecule has 1 unspecified atom stereocenters. The molecule has 0 saturated carbocycles. The minimum atomic E-state index is -0.927. The van der Waals surface area contributed by atoms with Gasteiger partial charge in [-0.3, -0.25) is 0 Å². The predicted octanol–water partition coefficient (Wildman–Crippen LogP) is 1.63. The first kappa shape index (κ1) is 9.96. The molecule has 0 spiro atoms. The molecule has 1 fully saturated rings. The van der Waals surface area contributed by atoms with E-state index in [1.165, 1.54) is 12.6 Å². The van der Waals surface area contributed by atoms with Crippen LogP contribution in [0.1, 0.15) is 23.7 Å². The van der Waals surface area contributed by atoms with Crippen LogP contribution >= 0.6 is 0 Å². The largest absolute Gasteiger partial charge is 0.478 e. The van der Waals surface area contributed by atoms with Gasteiger partial charge in [0.2, 0.25) is 0 Å². The molecule has 0 aliphatic carbocycles. The number of anilines is 1.